The predicted octanol–water partition coefficient (Wildman–Crippen LogP) is 0.751. The van der Waals surface area contributed by atoms with E-state index in [1.807, 2.05) is 30.3 Å². The van der Waals surface area contributed by atoms with Gasteiger partial charge in [-0.25, -0.2) is 4.79 Å². The molecule has 7 nitrogen and oxygen atoms in total. The van der Waals surface area contributed by atoms with E-state index in [-0.39, 0.29) is 29.3 Å². The summed E-state index contributed by atoms with van der Waals surface area (Å²) in [6.45, 7) is 1.11. The Morgan fingerprint density at radius 2 is 1.88 bits per heavy atom. The van der Waals surface area contributed by atoms with Crippen molar-refractivity contribution in [3.8, 4) is 0 Å². The first-order chi connectivity index (χ1) is 11.5. The summed E-state index contributed by atoms with van der Waals surface area (Å²) in [6, 6.07) is 9.82. The van der Waals surface area contributed by atoms with Crippen LogP contribution in [0.25, 0.3) is 0 Å². The van der Waals surface area contributed by atoms with Crippen LogP contribution >= 0.6 is 28.3 Å². The van der Waals surface area contributed by atoms with Crippen molar-refractivity contribution in [3.63, 3.8) is 0 Å². The molecule has 0 aliphatic heterocycles. The highest BCUT2D eigenvalue weighted by atomic mass is 79.9. The number of hydrogen-bond donors (Lipinski definition) is 2. The fraction of sp³-hybridized carbons (Fsp3) is 0.312. The number of rotatable bonds is 7. The molecule has 0 atom stereocenters. The Morgan fingerprint density at radius 3 is 2.52 bits per heavy atom. The summed E-state index contributed by atoms with van der Waals surface area (Å²) in [4.78, 5) is 39.4. The van der Waals surface area contributed by atoms with Gasteiger partial charge in [0.15, 0.2) is 0 Å². The predicted molar refractivity (Wildman–Crippen MR) is 102 cm³/mol. The van der Waals surface area contributed by atoms with E-state index in [9.17, 15) is 14.4 Å². The molecule has 0 spiro atoms. The van der Waals surface area contributed by atoms with Crippen molar-refractivity contribution in [1.82, 2.24) is 14.5 Å². The van der Waals surface area contributed by atoms with Gasteiger partial charge in [0.2, 0.25) is 5.91 Å². The van der Waals surface area contributed by atoms with Crippen molar-refractivity contribution in [1.29, 1.82) is 0 Å². The molecule has 0 unspecified atom stereocenters. The van der Waals surface area contributed by atoms with E-state index in [0.717, 1.165) is 5.56 Å². The molecule has 1 amide bonds. The van der Waals surface area contributed by atoms with Crippen LogP contribution in [0.2, 0.25) is 0 Å². The number of amides is 1. The lowest BCUT2D eigenvalue weighted by atomic mass is 10.1. The second-order valence-corrected chi connectivity index (χ2v) is 6.12. The Bertz CT molecular complexity index is 807. The highest BCUT2D eigenvalue weighted by Crippen LogP contribution is 2.03. The van der Waals surface area contributed by atoms with Crippen LogP contribution in [0.4, 0.5) is 0 Å². The first-order valence-electron chi connectivity index (χ1n) is 7.52. The molecular weight excluding hydrogens is 412 g/mol. The molecule has 0 radical (unpaired) electrons. The third-order valence-electron chi connectivity index (χ3n) is 3.54. The maximum absolute atomic E-state index is 12.5. The number of nitrogens with two attached hydrogens (primary N) is 1. The molecule has 2 aromatic rings. The molecule has 9 heteroatoms. The lowest BCUT2D eigenvalue weighted by Crippen LogP contribution is -2.41. The molecule has 1 aromatic carbocycles. The van der Waals surface area contributed by atoms with Gasteiger partial charge < -0.3 is 10.6 Å². The van der Waals surface area contributed by atoms with Crippen molar-refractivity contribution in [3.05, 3.63) is 67.4 Å². The van der Waals surface area contributed by atoms with E-state index in [4.69, 9.17) is 5.73 Å². The van der Waals surface area contributed by atoms with Gasteiger partial charge in [-0.05, 0) is 27.9 Å². The summed E-state index contributed by atoms with van der Waals surface area (Å²) >= 11 is 3.05. The van der Waals surface area contributed by atoms with Gasteiger partial charge in [0.1, 0.15) is 6.54 Å². The van der Waals surface area contributed by atoms with E-state index >= 15 is 0 Å². The third kappa shape index (κ3) is 6.15. The zero-order chi connectivity index (χ0) is 17.5. The lowest BCUT2D eigenvalue weighted by molar-refractivity contribution is -0.131. The van der Waals surface area contributed by atoms with Crippen LogP contribution in [-0.2, 0) is 17.8 Å². The number of nitrogens with zero attached hydrogens (tertiary/aromatic N) is 2. The van der Waals surface area contributed by atoms with E-state index in [0.29, 0.717) is 26.1 Å². The monoisotopic (exact) mass is 430 g/mol. The minimum absolute atomic E-state index is 0. The van der Waals surface area contributed by atoms with Crippen molar-refractivity contribution in [2.45, 2.75) is 13.0 Å². The molecule has 136 valence electrons. The SMILES string of the molecule is Cl.NCCN(CCc1ccccc1)C(=O)Cn1cc(Br)c(=O)[nH]c1=O. The second-order valence-electron chi connectivity index (χ2n) is 5.27. The second kappa shape index (κ2) is 10.2. The number of nitrogens with one attached hydrogen (secondary N) is 1. The average molecular weight is 432 g/mol. The average Bonchev–Trinajstić information content (AvgIpc) is 2.57. The Kier molecular flexibility index (Phi) is 8.60. The number of H-pyrrole nitrogens is 1. The van der Waals surface area contributed by atoms with Gasteiger partial charge in [-0.15, -0.1) is 12.4 Å². The summed E-state index contributed by atoms with van der Waals surface area (Å²) in [5.74, 6) is -0.225. The minimum Gasteiger partial charge on any atom is -0.340 e. The maximum atomic E-state index is 12.5. The standard InChI is InChI=1S/C16H19BrN4O3.ClH/c17-13-10-21(16(24)19-15(13)23)11-14(22)20(9-7-18)8-6-12-4-2-1-3-5-12;/h1-5,10H,6-9,11,18H2,(H,19,23,24);1H. The lowest BCUT2D eigenvalue weighted by Gasteiger charge is -2.22. The summed E-state index contributed by atoms with van der Waals surface area (Å²) in [7, 11) is 0. The summed E-state index contributed by atoms with van der Waals surface area (Å²) in [6.07, 6.45) is 2.02. The molecule has 1 heterocycles. The van der Waals surface area contributed by atoms with Crippen molar-refractivity contribution in [2.24, 2.45) is 5.73 Å². The quantitative estimate of drug-likeness (QED) is 0.675. The Balaban J connectivity index is 0.00000312. The molecule has 0 bridgehead atoms. The van der Waals surface area contributed by atoms with Gasteiger partial charge in [-0.2, -0.15) is 0 Å². The number of aromatic nitrogens is 2. The normalized spacial score (nSPS) is 10.2. The number of benzene rings is 1. The van der Waals surface area contributed by atoms with Crippen LogP contribution in [-0.4, -0.2) is 40.0 Å². The topological polar surface area (TPSA) is 101 Å². The van der Waals surface area contributed by atoms with Crippen LogP contribution in [0.1, 0.15) is 5.56 Å². The highest BCUT2D eigenvalue weighted by molar-refractivity contribution is 9.10. The molecule has 1 aromatic heterocycles. The largest absolute Gasteiger partial charge is 0.340 e. The van der Waals surface area contributed by atoms with Crippen molar-refractivity contribution < 1.29 is 4.79 Å². The van der Waals surface area contributed by atoms with E-state index in [2.05, 4.69) is 20.9 Å². The van der Waals surface area contributed by atoms with Gasteiger partial charge in [-0.1, -0.05) is 30.3 Å². The summed E-state index contributed by atoms with van der Waals surface area (Å²) in [5, 5.41) is 0. The first kappa shape index (κ1) is 21.1. The molecule has 0 aliphatic carbocycles. The fourth-order valence-electron chi connectivity index (χ4n) is 2.27. The summed E-state index contributed by atoms with van der Waals surface area (Å²) in [5.41, 5.74) is 5.57. The van der Waals surface area contributed by atoms with Crippen LogP contribution in [0.15, 0.2) is 50.6 Å². The van der Waals surface area contributed by atoms with Crippen molar-refractivity contribution >= 4 is 34.2 Å². The molecule has 2 rings (SSSR count). The van der Waals surface area contributed by atoms with Gasteiger partial charge in [0, 0.05) is 25.8 Å². The molecule has 3 N–H and O–H groups in total. The van der Waals surface area contributed by atoms with Crippen LogP contribution in [0.3, 0.4) is 0 Å². The zero-order valence-corrected chi connectivity index (χ0v) is 15.9. The minimum atomic E-state index is -0.618. The fourth-order valence-corrected chi connectivity index (χ4v) is 2.62. The van der Waals surface area contributed by atoms with Crippen LogP contribution in [0, 0.1) is 0 Å². The van der Waals surface area contributed by atoms with Gasteiger partial charge >= 0.3 is 5.69 Å². The highest BCUT2D eigenvalue weighted by Gasteiger charge is 2.15. The van der Waals surface area contributed by atoms with E-state index in [1.165, 1.54) is 10.8 Å². The Labute approximate surface area is 159 Å². The van der Waals surface area contributed by atoms with E-state index in [1.54, 1.807) is 4.90 Å². The number of carbonyl (C=O) groups excluding carboxylic acids is 1. The first-order valence-corrected chi connectivity index (χ1v) is 8.31. The molecular formula is C16H20BrClN4O3. The van der Waals surface area contributed by atoms with Crippen LogP contribution in [0.5, 0.6) is 0 Å². The number of hydrogen-bond acceptors (Lipinski definition) is 4. The summed E-state index contributed by atoms with van der Waals surface area (Å²) < 4.78 is 1.37. The molecule has 0 aliphatic rings. The molecule has 0 saturated heterocycles. The number of halogens is 2. The maximum Gasteiger partial charge on any atom is 0.328 e. The Morgan fingerprint density at radius 1 is 1.20 bits per heavy atom. The Hall–Kier alpha value is -1.90. The van der Waals surface area contributed by atoms with Gasteiger partial charge in [0.05, 0.1) is 4.47 Å². The van der Waals surface area contributed by atoms with Crippen molar-refractivity contribution in [2.75, 3.05) is 19.6 Å². The third-order valence-corrected chi connectivity index (χ3v) is 4.10. The van der Waals surface area contributed by atoms with E-state index < -0.39 is 11.2 Å². The zero-order valence-electron chi connectivity index (χ0n) is 13.5. The molecule has 0 saturated carbocycles. The van der Waals surface area contributed by atoms with Crippen LogP contribution < -0.4 is 17.0 Å². The molecule has 25 heavy (non-hydrogen) atoms. The van der Waals surface area contributed by atoms with Gasteiger partial charge in [-0.3, -0.25) is 19.1 Å². The number of carbonyl (C=O) groups is 1. The smallest absolute Gasteiger partial charge is 0.328 e. The molecule has 0 fully saturated rings. The van der Waals surface area contributed by atoms with Gasteiger partial charge in [0.25, 0.3) is 5.56 Å². The number of aromatic amines is 1.